The molecular formula is C25H19ClF2N2O4. The molecule has 0 aliphatic carbocycles. The summed E-state index contributed by atoms with van der Waals surface area (Å²) in [6, 6.07) is 8.85. The molecule has 174 valence electrons. The summed E-state index contributed by atoms with van der Waals surface area (Å²) in [5.41, 5.74) is 1.73. The fraction of sp³-hybridized carbons (Fsp3) is 0.240. The number of hydrogen-bond donors (Lipinski definition) is 0. The molecule has 34 heavy (non-hydrogen) atoms. The van der Waals surface area contributed by atoms with Gasteiger partial charge in [-0.25, -0.2) is 8.78 Å². The van der Waals surface area contributed by atoms with Crippen LogP contribution in [0.25, 0.3) is 11.1 Å². The first-order valence-corrected chi connectivity index (χ1v) is 11.0. The van der Waals surface area contributed by atoms with Crippen LogP contribution in [-0.2, 0) is 11.2 Å². The van der Waals surface area contributed by atoms with E-state index in [-0.39, 0.29) is 42.6 Å². The number of ketones is 1. The van der Waals surface area contributed by atoms with Crippen LogP contribution < -0.4 is 9.47 Å². The predicted molar refractivity (Wildman–Crippen MR) is 120 cm³/mol. The lowest BCUT2D eigenvalue weighted by atomic mass is 9.97. The monoisotopic (exact) mass is 484 g/mol. The smallest absolute Gasteiger partial charge is 0.256 e. The van der Waals surface area contributed by atoms with Crippen molar-refractivity contribution >= 4 is 23.3 Å². The quantitative estimate of drug-likeness (QED) is 0.539. The summed E-state index contributed by atoms with van der Waals surface area (Å²) in [5, 5.41) is 0.458. The lowest BCUT2D eigenvalue weighted by molar-refractivity contribution is -0.121. The Hall–Kier alpha value is -3.52. The summed E-state index contributed by atoms with van der Waals surface area (Å²) < 4.78 is 39.8. The number of amides is 1. The van der Waals surface area contributed by atoms with Gasteiger partial charge in [-0.2, -0.15) is 0 Å². The van der Waals surface area contributed by atoms with E-state index in [1.54, 1.807) is 24.4 Å². The van der Waals surface area contributed by atoms with Crippen molar-refractivity contribution in [3.8, 4) is 22.6 Å². The molecule has 1 amide bonds. The van der Waals surface area contributed by atoms with E-state index in [0.29, 0.717) is 40.6 Å². The highest BCUT2D eigenvalue weighted by Crippen LogP contribution is 2.30. The van der Waals surface area contributed by atoms with E-state index < -0.39 is 17.5 Å². The Morgan fingerprint density at radius 2 is 1.94 bits per heavy atom. The summed E-state index contributed by atoms with van der Waals surface area (Å²) in [6.45, 7) is 0.847. The number of nitrogens with zero attached hydrogens (tertiary/aromatic N) is 2. The second-order valence-electron chi connectivity index (χ2n) is 8.37. The van der Waals surface area contributed by atoms with Crippen LogP contribution in [0, 0.1) is 17.6 Å². The SMILES string of the molecule is O=C1COc2cc(F)c(C(=O)N3CC(COc4ccc(-c5cncc(Cl)c5)cc4F)C3)cc2C1. The lowest BCUT2D eigenvalue weighted by Crippen LogP contribution is -2.52. The first-order valence-electron chi connectivity index (χ1n) is 10.7. The number of benzene rings is 2. The number of likely N-dealkylation sites (tertiary alicyclic amines) is 1. The standard InChI is InChI=1S/C25H19ClF2N2O4/c26-18-3-17(8-29-9-18)15-1-2-23(22(28)6-15)33-12-14-10-30(11-14)25(32)20-5-16-4-19(31)13-34-24(16)7-21(20)27/h1-3,5-9,14H,4,10-13H2. The zero-order chi connectivity index (χ0) is 23.8. The van der Waals surface area contributed by atoms with Crippen LogP contribution in [0.3, 0.4) is 0 Å². The van der Waals surface area contributed by atoms with Crippen molar-refractivity contribution in [2.24, 2.45) is 5.92 Å². The molecule has 1 aromatic heterocycles. The highest BCUT2D eigenvalue weighted by molar-refractivity contribution is 6.30. The third-order valence-corrected chi connectivity index (χ3v) is 6.05. The minimum absolute atomic E-state index is 0.00856. The fourth-order valence-electron chi connectivity index (χ4n) is 4.04. The number of aromatic nitrogens is 1. The highest BCUT2D eigenvalue weighted by Gasteiger charge is 2.34. The number of pyridine rings is 1. The van der Waals surface area contributed by atoms with Gasteiger partial charge in [-0.15, -0.1) is 0 Å². The summed E-state index contributed by atoms with van der Waals surface area (Å²) in [4.78, 5) is 29.8. The van der Waals surface area contributed by atoms with Crippen LogP contribution >= 0.6 is 11.6 Å². The van der Waals surface area contributed by atoms with Gasteiger partial charge in [-0.1, -0.05) is 17.7 Å². The minimum Gasteiger partial charge on any atom is -0.490 e. The van der Waals surface area contributed by atoms with Crippen LogP contribution in [0.4, 0.5) is 8.78 Å². The van der Waals surface area contributed by atoms with E-state index in [1.165, 1.54) is 23.2 Å². The molecule has 2 aliphatic rings. The van der Waals surface area contributed by atoms with E-state index in [1.807, 2.05) is 0 Å². The minimum atomic E-state index is -0.685. The maximum atomic E-state index is 14.5. The Balaban J connectivity index is 1.18. The van der Waals surface area contributed by atoms with E-state index >= 15 is 0 Å². The Bertz CT molecular complexity index is 1290. The number of Topliss-reactive ketones (excluding diaryl/α,β-unsaturated/α-hetero) is 1. The van der Waals surface area contributed by atoms with Crippen LogP contribution in [0.15, 0.2) is 48.8 Å². The molecule has 0 N–H and O–H groups in total. The molecule has 2 aliphatic heterocycles. The zero-order valence-electron chi connectivity index (χ0n) is 17.9. The second kappa shape index (κ2) is 9.02. The molecule has 3 heterocycles. The lowest BCUT2D eigenvalue weighted by Gasteiger charge is -2.39. The topological polar surface area (TPSA) is 68.7 Å². The largest absolute Gasteiger partial charge is 0.490 e. The maximum absolute atomic E-state index is 14.5. The number of carbonyl (C=O) groups is 2. The Morgan fingerprint density at radius 3 is 2.71 bits per heavy atom. The number of halogens is 3. The molecule has 0 spiro atoms. The summed E-state index contributed by atoms with van der Waals surface area (Å²) >= 11 is 5.94. The Morgan fingerprint density at radius 1 is 1.12 bits per heavy atom. The van der Waals surface area contributed by atoms with Gasteiger partial charge < -0.3 is 14.4 Å². The predicted octanol–water partition coefficient (Wildman–Crippen LogP) is 4.34. The van der Waals surface area contributed by atoms with Crippen molar-refractivity contribution in [3.05, 3.63) is 76.6 Å². The van der Waals surface area contributed by atoms with Gasteiger partial charge in [0.15, 0.2) is 17.3 Å². The molecule has 3 aromatic rings. The summed E-state index contributed by atoms with van der Waals surface area (Å²) in [6.07, 6.45) is 3.21. The summed E-state index contributed by atoms with van der Waals surface area (Å²) in [5.74, 6) is -1.39. The van der Waals surface area contributed by atoms with Gasteiger partial charge in [0.05, 0.1) is 17.2 Å². The molecule has 6 nitrogen and oxygen atoms in total. The second-order valence-corrected chi connectivity index (χ2v) is 8.80. The van der Waals surface area contributed by atoms with Crippen molar-refractivity contribution in [3.63, 3.8) is 0 Å². The van der Waals surface area contributed by atoms with Gasteiger partial charge >= 0.3 is 0 Å². The molecule has 0 atom stereocenters. The van der Waals surface area contributed by atoms with E-state index in [9.17, 15) is 18.4 Å². The van der Waals surface area contributed by atoms with E-state index in [2.05, 4.69) is 4.98 Å². The van der Waals surface area contributed by atoms with Gasteiger partial charge in [0.1, 0.15) is 18.2 Å². The van der Waals surface area contributed by atoms with Crippen molar-refractivity contribution in [2.45, 2.75) is 6.42 Å². The van der Waals surface area contributed by atoms with Gasteiger partial charge in [-0.3, -0.25) is 14.6 Å². The molecule has 2 aromatic carbocycles. The van der Waals surface area contributed by atoms with E-state index in [4.69, 9.17) is 21.1 Å². The van der Waals surface area contributed by atoms with Crippen LogP contribution in [-0.4, -0.2) is 47.9 Å². The molecule has 5 rings (SSSR count). The number of hydrogen-bond acceptors (Lipinski definition) is 5. The van der Waals surface area contributed by atoms with E-state index in [0.717, 1.165) is 6.07 Å². The number of ether oxygens (including phenoxy) is 2. The Kier molecular flexibility index (Phi) is 5.91. The third kappa shape index (κ3) is 4.46. The van der Waals surface area contributed by atoms with Gasteiger partial charge in [0.25, 0.3) is 5.91 Å². The molecule has 1 fully saturated rings. The maximum Gasteiger partial charge on any atom is 0.256 e. The molecule has 0 saturated carbocycles. The van der Waals surface area contributed by atoms with Crippen LogP contribution in [0.2, 0.25) is 5.02 Å². The Labute approximate surface area is 199 Å². The fourth-order valence-corrected chi connectivity index (χ4v) is 4.22. The average molecular weight is 485 g/mol. The van der Waals surface area contributed by atoms with Crippen molar-refractivity contribution in [1.82, 2.24) is 9.88 Å². The van der Waals surface area contributed by atoms with Crippen molar-refractivity contribution in [1.29, 1.82) is 0 Å². The number of fused-ring (bicyclic) bond motifs is 1. The van der Waals surface area contributed by atoms with Gasteiger partial charge in [-0.05, 0) is 29.8 Å². The third-order valence-electron chi connectivity index (χ3n) is 5.85. The van der Waals surface area contributed by atoms with Crippen molar-refractivity contribution < 1.29 is 27.8 Å². The number of rotatable bonds is 5. The normalized spacial score (nSPS) is 15.4. The van der Waals surface area contributed by atoms with Crippen LogP contribution in [0.1, 0.15) is 15.9 Å². The van der Waals surface area contributed by atoms with Gasteiger partial charge in [0, 0.05) is 55.0 Å². The molecule has 0 bridgehead atoms. The van der Waals surface area contributed by atoms with Crippen LogP contribution in [0.5, 0.6) is 11.5 Å². The first kappa shape index (κ1) is 22.3. The molecule has 1 saturated heterocycles. The molecule has 9 heteroatoms. The zero-order valence-corrected chi connectivity index (χ0v) is 18.6. The first-order chi connectivity index (χ1) is 16.4. The highest BCUT2D eigenvalue weighted by atomic mass is 35.5. The van der Waals surface area contributed by atoms with Crippen molar-refractivity contribution in [2.75, 3.05) is 26.3 Å². The van der Waals surface area contributed by atoms with Gasteiger partial charge in [0.2, 0.25) is 0 Å². The average Bonchev–Trinajstić information content (AvgIpc) is 2.78. The molecular weight excluding hydrogens is 466 g/mol. The molecule has 0 unspecified atom stereocenters. The number of carbonyl (C=O) groups excluding carboxylic acids is 2. The summed E-state index contributed by atoms with van der Waals surface area (Å²) in [7, 11) is 0. The molecule has 0 radical (unpaired) electrons.